The van der Waals surface area contributed by atoms with Crippen LogP contribution in [0.15, 0.2) is 0 Å². The maximum atomic E-state index is 5.40. The van der Waals surface area contributed by atoms with Crippen LogP contribution < -0.4 is 5.32 Å². The smallest absolute Gasteiger partial charge is 0.0594 e. The van der Waals surface area contributed by atoms with Crippen molar-refractivity contribution in [3.63, 3.8) is 0 Å². The van der Waals surface area contributed by atoms with Crippen LogP contribution >= 0.6 is 24.8 Å². The number of piperidine rings is 1. The van der Waals surface area contributed by atoms with Crippen molar-refractivity contribution in [1.82, 2.24) is 10.2 Å². The van der Waals surface area contributed by atoms with E-state index < -0.39 is 0 Å². The summed E-state index contributed by atoms with van der Waals surface area (Å²) in [7, 11) is 0. The van der Waals surface area contributed by atoms with E-state index >= 15 is 0 Å². The van der Waals surface area contributed by atoms with Gasteiger partial charge in [-0.3, -0.25) is 4.90 Å². The second kappa shape index (κ2) is 6.58. The van der Waals surface area contributed by atoms with Gasteiger partial charge in [-0.1, -0.05) is 0 Å². The van der Waals surface area contributed by atoms with Crippen molar-refractivity contribution in [3.8, 4) is 0 Å². The number of morpholine rings is 1. The van der Waals surface area contributed by atoms with Crippen molar-refractivity contribution in [2.75, 3.05) is 39.4 Å². The minimum atomic E-state index is 0. The standard InChI is InChI=1S/C12H22N2O.2ClH/c1-3-13-4-2-12(1)9-11(10-12)14-5-7-15-8-6-14;;/h11,13H,1-10H2;2*1H. The van der Waals surface area contributed by atoms with Crippen LogP contribution in [0, 0.1) is 5.41 Å². The third-order valence-electron chi connectivity index (χ3n) is 4.56. The summed E-state index contributed by atoms with van der Waals surface area (Å²) in [5.41, 5.74) is 0.730. The summed E-state index contributed by atoms with van der Waals surface area (Å²) in [6.45, 7) is 6.72. The lowest BCUT2D eigenvalue weighted by molar-refractivity contribution is -0.0613. The topological polar surface area (TPSA) is 24.5 Å². The quantitative estimate of drug-likeness (QED) is 0.792. The molecular formula is C12H24Cl2N2O. The van der Waals surface area contributed by atoms with Gasteiger partial charge in [-0.2, -0.15) is 0 Å². The summed E-state index contributed by atoms with van der Waals surface area (Å²) in [4.78, 5) is 2.65. The summed E-state index contributed by atoms with van der Waals surface area (Å²) < 4.78 is 5.40. The number of hydrogen-bond donors (Lipinski definition) is 1. The molecule has 0 atom stereocenters. The number of rotatable bonds is 1. The van der Waals surface area contributed by atoms with Crippen molar-refractivity contribution < 1.29 is 4.74 Å². The van der Waals surface area contributed by atoms with E-state index in [0.717, 1.165) is 24.7 Å². The monoisotopic (exact) mass is 282 g/mol. The summed E-state index contributed by atoms with van der Waals surface area (Å²) in [5, 5.41) is 3.47. The van der Waals surface area contributed by atoms with E-state index in [4.69, 9.17) is 4.74 Å². The van der Waals surface area contributed by atoms with Crippen LogP contribution in [-0.4, -0.2) is 50.3 Å². The Morgan fingerprint density at radius 1 is 1.00 bits per heavy atom. The number of hydrogen-bond acceptors (Lipinski definition) is 3. The molecule has 0 radical (unpaired) electrons. The van der Waals surface area contributed by atoms with E-state index in [1.165, 1.54) is 51.9 Å². The van der Waals surface area contributed by atoms with Gasteiger partial charge in [-0.15, -0.1) is 24.8 Å². The Morgan fingerprint density at radius 2 is 1.59 bits per heavy atom. The first kappa shape index (κ1) is 15.5. The van der Waals surface area contributed by atoms with Crippen LogP contribution in [-0.2, 0) is 4.74 Å². The van der Waals surface area contributed by atoms with E-state index in [1.807, 2.05) is 0 Å². The fourth-order valence-corrected chi connectivity index (χ4v) is 3.51. The Kier molecular flexibility index (Phi) is 6.00. The lowest BCUT2D eigenvalue weighted by atomic mass is 9.60. The average molecular weight is 283 g/mol. The first-order chi connectivity index (χ1) is 7.38. The predicted molar refractivity (Wildman–Crippen MR) is 74.4 cm³/mol. The fraction of sp³-hybridized carbons (Fsp3) is 1.00. The highest BCUT2D eigenvalue weighted by Gasteiger charge is 2.46. The normalized spacial score (nSPS) is 28.9. The van der Waals surface area contributed by atoms with E-state index in [2.05, 4.69) is 10.2 Å². The van der Waals surface area contributed by atoms with Crippen molar-refractivity contribution in [1.29, 1.82) is 0 Å². The van der Waals surface area contributed by atoms with Crippen molar-refractivity contribution in [2.45, 2.75) is 31.7 Å². The van der Waals surface area contributed by atoms with E-state index in [9.17, 15) is 0 Å². The first-order valence-corrected chi connectivity index (χ1v) is 6.41. The molecule has 3 fully saturated rings. The molecule has 2 heterocycles. The molecule has 0 amide bonds. The fourth-order valence-electron chi connectivity index (χ4n) is 3.51. The summed E-state index contributed by atoms with van der Waals surface area (Å²) >= 11 is 0. The number of nitrogens with zero attached hydrogens (tertiary/aromatic N) is 1. The van der Waals surface area contributed by atoms with Crippen LogP contribution in [0.5, 0.6) is 0 Å². The molecule has 5 heteroatoms. The Balaban J connectivity index is 0.000000722. The molecule has 0 unspecified atom stereocenters. The summed E-state index contributed by atoms with van der Waals surface area (Å²) in [6, 6.07) is 0.881. The maximum Gasteiger partial charge on any atom is 0.0594 e. The molecule has 0 aromatic rings. The molecule has 1 spiro atoms. The molecule has 0 aromatic carbocycles. The summed E-state index contributed by atoms with van der Waals surface area (Å²) in [6.07, 6.45) is 5.73. The van der Waals surface area contributed by atoms with Gasteiger partial charge >= 0.3 is 0 Å². The molecule has 1 N–H and O–H groups in total. The molecule has 3 nitrogen and oxygen atoms in total. The second-order valence-electron chi connectivity index (χ2n) is 5.46. The van der Waals surface area contributed by atoms with Crippen molar-refractivity contribution in [2.24, 2.45) is 5.41 Å². The van der Waals surface area contributed by atoms with Gasteiger partial charge in [0, 0.05) is 19.1 Å². The highest BCUT2D eigenvalue weighted by atomic mass is 35.5. The van der Waals surface area contributed by atoms with Gasteiger partial charge in [0.25, 0.3) is 0 Å². The maximum absolute atomic E-state index is 5.40. The Morgan fingerprint density at radius 3 is 2.18 bits per heavy atom. The minimum Gasteiger partial charge on any atom is -0.379 e. The molecule has 2 saturated heterocycles. The Hall–Kier alpha value is 0.460. The van der Waals surface area contributed by atoms with Crippen molar-refractivity contribution in [3.05, 3.63) is 0 Å². The molecule has 17 heavy (non-hydrogen) atoms. The number of ether oxygens (including phenoxy) is 1. The molecule has 0 aromatic heterocycles. The van der Waals surface area contributed by atoms with Gasteiger partial charge in [-0.05, 0) is 44.2 Å². The zero-order valence-corrected chi connectivity index (χ0v) is 12.0. The zero-order chi connectivity index (χ0) is 10.1. The molecule has 1 saturated carbocycles. The van der Waals surface area contributed by atoms with Gasteiger partial charge in [-0.25, -0.2) is 0 Å². The largest absolute Gasteiger partial charge is 0.379 e. The molecule has 0 bridgehead atoms. The van der Waals surface area contributed by atoms with E-state index in [-0.39, 0.29) is 24.8 Å². The SMILES string of the molecule is C1CC2(CCN1)CC(N1CCOCC1)C2.Cl.Cl. The third-order valence-corrected chi connectivity index (χ3v) is 4.56. The molecule has 1 aliphatic carbocycles. The Bertz CT molecular complexity index is 221. The second-order valence-corrected chi connectivity index (χ2v) is 5.46. The van der Waals surface area contributed by atoms with Crippen LogP contribution in [0.25, 0.3) is 0 Å². The van der Waals surface area contributed by atoms with E-state index in [0.29, 0.717) is 0 Å². The highest BCUT2D eigenvalue weighted by Crippen LogP contribution is 2.49. The first-order valence-electron chi connectivity index (χ1n) is 6.41. The predicted octanol–water partition coefficient (Wildman–Crippen LogP) is 1.69. The molecule has 3 rings (SSSR count). The average Bonchev–Trinajstić information content (AvgIpc) is 2.28. The molecule has 102 valence electrons. The van der Waals surface area contributed by atoms with Gasteiger partial charge in [0.2, 0.25) is 0 Å². The highest BCUT2D eigenvalue weighted by molar-refractivity contribution is 5.85. The lowest BCUT2D eigenvalue weighted by Gasteiger charge is -2.54. The number of nitrogens with one attached hydrogen (secondary N) is 1. The van der Waals surface area contributed by atoms with Gasteiger partial charge in [0.05, 0.1) is 13.2 Å². The lowest BCUT2D eigenvalue weighted by Crippen LogP contribution is -2.56. The van der Waals surface area contributed by atoms with Crippen LogP contribution in [0.2, 0.25) is 0 Å². The van der Waals surface area contributed by atoms with Gasteiger partial charge < -0.3 is 10.1 Å². The third kappa shape index (κ3) is 3.27. The Labute approximate surface area is 116 Å². The van der Waals surface area contributed by atoms with Gasteiger partial charge in [0.15, 0.2) is 0 Å². The van der Waals surface area contributed by atoms with E-state index in [1.54, 1.807) is 0 Å². The van der Waals surface area contributed by atoms with Crippen molar-refractivity contribution >= 4 is 24.8 Å². The number of halogens is 2. The minimum absolute atomic E-state index is 0. The van der Waals surface area contributed by atoms with Crippen LogP contribution in [0.3, 0.4) is 0 Å². The zero-order valence-electron chi connectivity index (χ0n) is 10.3. The molecule has 2 aliphatic heterocycles. The molecular weight excluding hydrogens is 259 g/mol. The summed E-state index contributed by atoms with van der Waals surface area (Å²) in [5.74, 6) is 0. The van der Waals surface area contributed by atoms with Crippen LogP contribution in [0.4, 0.5) is 0 Å². The van der Waals surface area contributed by atoms with Crippen LogP contribution in [0.1, 0.15) is 25.7 Å². The van der Waals surface area contributed by atoms with Gasteiger partial charge in [0.1, 0.15) is 0 Å². The molecule has 3 aliphatic rings.